The molecule has 1 aliphatic heterocycles. The van der Waals surface area contributed by atoms with Gasteiger partial charge in [0.2, 0.25) is 0 Å². The number of aliphatic carboxylic acids is 1. The maximum Gasteiger partial charge on any atom is 0.303 e. The lowest BCUT2D eigenvalue weighted by atomic mass is 9.97. The summed E-state index contributed by atoms with van der Waals surface area (Å²) in [5.41, 5.74) is 2.50. The van der Waals surface area contributed by atoms with Crippen molar-refractivity contribution in [1.82, 2.24) is 19.7 Å². The maximum absolute atomic E-state index is 12.8. The Kier molecular flexibility index (Phi) is 5.11. The summed E-state index contributed by atoms with van der Waals surface area (Å²) in [4.78, 5) is 29.5. The molecule has 25 heavy (non-hydrogen) atoms. The summed E-state index contributed by atoms with van der Waals surface area (Å²) in [6.45, 7) is 3.23. The summed E-state index contributed by atoms with van der Waals surface area (Å²) in [7, 11) is 0. The fourth-order valence-electron chi connectivity index (χ4n) is 3.38. The van der Waals surface area contributed by atoms with Crippen LogP contribution in [0.3, 0.4) is 0 Å². The van der Waals surface area contributed by atoms with E-state index in [1.54, 1.807) is 11.0 Å². The van der Waals surface area contributed by atoms with Gasteiger partial charge in [0.15, 0.2) is 0 Å². The van der Waals surface area contributed by atoms with Crippen molar-refractivity contribution in [3.05, 3.63) is 42.0 Å². The molecule has 132 valence electrons. The first-order valence-electron chi connectivity index (χ1n) is 8.51. The highest BCUT2D eigenvalue weighted by Gasteiger charge is 2.23. The molecule has 7 nitrogen and oxygen atoms in total. The van der Waals surface area contributed by atoms with E-state index in [9.17, 15) is 9.59 Å². The first kappa shape index (κ1) is 17.1. The van der Waals surface area contributed by atoms with Crippen molar-refractivity contribution in [1.29, 1.82) is 0 Å². The number of nitrogens with zero attached hydrogens (tertiary/aromatic N) is 4. The van der Waals surface area contributed by atoms with E-state index in [0.29, 0.717) is 18.7 Å². The fraction of sp³-hybridized carbons (Fsp3) is 0.444. The molecule has 1 N–H and O–H groups in total. The van der Waals surface area contributed by atoms with E-state index in [0.717, 1.165) is 30.5 Å². The number of aromatic nitrogens is 3. The van der Waals surface area contributed by atoms with Crippen LogP contribution in [0.2, 0.25) is 0 Å². The highest BCUT2D eigenvalue weighted by Crippen LogP contribution is 2.23. The quantitative estimate of drug-likeness (QED) is 0.921. The summed E-state index contributed by atoms with van der Waals surface area (Å²) in [6.07, 6.45) is 5.74. The van der Waals surface area contributed by atoms with Gasteiger partial charge in [-0.15, -0.1) is 0 Å². The minimum absolute atomic E-state index is 0.00390. The first-order chi connectivity index (χ1) is 12.0. The Morgan fingerprint density at radius 1 is 1.28 bits per heavy atom. The molecule has 0 radical (unpaired) electrons. The SMILES string of the molecule is Cc1cc(C(=O)N2CCC[C@@H](CC(=O)O)CC2)ccc1-n1cncn1. The molecule has 0 bridgehead atoms. The molecular weight excluding hydrogens is 320 g/mol. The molecule has 1 saturated heterocycles. The highest BCUT2D eigenvalue weighted by molar-refractivity contribution is 5.94. The number of carboxylic acids is 1. The van der Waals surface area contributed by atoms with Crippen LogP contribution in [-0.2, 0) is 4.79 Å². The van der Waals surface area contributed by atoms with Gasteiger partial charge in [-0.3, -0.25) is 9.59 Å². The Labute approximate surface area is 146 Å². The van der Waals surface area contributed by atoms with Crippen molar-refractivity contribution in [3.8, 4) is 5.69 Å². The van der Waals surface area contributed by atoms with Gasteiger partial charge >= 0.3 is 5.97 Å². The van der Waals surface area contributed by atoms with Crippen LogP contribution in [0.5, 0.6) is 0 Å². The molecule has 0 unspecified atom stereocenters. The second-order valence-corrected chi connectivity index (χ2v) is 6.53. The molecule has 0 aliphatic carbocycles. The summed E-state index contributed by atoms with van der Waals surface area (Å²) in [5, 5.41) is 13.1. The fourth-order valence-corrected chi connectivity index (χ4v) is 3.38. The zero-order valence-corrected chi connectivity index (χ0v) is 14.3. The third-order valence-electron chi connectivity index (χ3n) is 4.71. The van der Waals surface area contributed by atoms with E-state index in [1.165, 1.54) is 6.33 Å². The van der Waals surface area contributed by atoms with Gasteiger partial charge in [-0.2, -0.15) is 5.10 Å². The second-order valence-electron chi connectivity index (χ2n) is 6.53. The van der Waals surface area contributed by atoms with Crippen LogP contribution in [0, 0.1) is 12.8 Å². The molecule has 1 amide bonds. The molecule has 2 aromatic rings. The van der Waals surface area contributed by atoms with Crippen LogP contribution in [0.4, 0.5) is 0 Å². The van der Waals surface area contributed by atoms with Gasteiger partial charge in [0, 0.05) is 25.1 Å². The highest BCUT2D eigenvalue weighted by atomic mass is 16.4. The molecule has 7 heteroatoms. The molecule has 2 heterocycles. The number of hydrogen-bond donors (Lipinski definition) is 1. The van der Waals surface area contributed by atoms with Crippen LogP contribution in [0.1, 0.15) is 41.6 Å². The standard InChI is InChI=1S/C18H22N4O3/c1-13-9-15(4-5-16(13)22-12-19-11-20-22)18(25)21-7-2-3-14(6-8-21)10-17(23)24/h4-5,9,11-12,14H,2-3,6-8,10H2,1H3,(H,23,24)/t14-/m1/s1. The van der Waals surface area contributed by atoms with E-state index >= 15 is 0 Å². The lowest BCUT2D eigenvalue weighted by Gasteiger charge is -2.21. The van der Waals surface area contributed by atoms with E-state index in [2.05, 4.69) is 10.1 Å². The summed E-state index contributed by atoms with van der Waals surface area (Å²) >= 11 is 0. The Bertz CT molecular complexity index is 758. The molecule has 1 fully saturated rings. The van der Waals surface area contributed by atoms with E-state index in [-0.39, 0.29) is 18.2 Å². The van der Waals surface area contributed by atoms with Crippen LogP contribution in [0.25, 0.3) is 5.69 Å². The number of carboxylic acid groups (broad SMARTS) is 1. The van der Waals surface area contributed by atoms with Crippen molar-refractivity contribution in [2.75, 3.05) is 13.1 Å². The van der Waals surface area contributed by atoms with Gasteiger partial charge in [0.25, 0.3) is 5.91 Å². The van der Waals surface area contributed by atoms with Gasteiger partial charge in [0.1, 0.15) is 12.7 Å². The predicted molar refractivity (Wildman–Crippen MR) is 91.6 cm³/mol. The molecule has 1 atom stereocenters. The average Bonchev–Trinajstić information content (AvgIpc) is 3.01. The summed E-state index contributed by atoms with van der Waals surface area (Å²) < 4.78 is 1.67. The van der Waals surface area contributed by atoms with Crippen LogP contribution < -0.4 is 0 Å². The number of hydrogen-bond acceptors (Lipinski definition) is 4. The lowest BCUT2D eigenvalue weighted by molar-refractivity contribution is -0.138. The molecule has 0 spiro atoms. The normalized spacial score (nSPS) is 18.0. The van der Waals surface area contributed by atoms with Crippen molar-refractivity contribution in [3.63, 3.8) is 0 Å². The minimum Gasteiger partial charge on any atom is -0.481 e. The molecule has 1 aromatic carbocycles. The lowest BCUT2D eigenvalue weighted by Crippen LogP contribution is -2.32. The summed E-state index contributed by atoms with van der Waals surface area (Å²) in [5.74, 6) is -0.597. The Balaban J connectivity index is 1.70. The largest absolute Gasteiger partial charge is 0.481 e. The third kappa shape index (κ3) is 4.04. The van der Waals surface area contributed by atoms with Crippen LogP contribution in [-0.4, -0.2) is 49.7 Å². The van der Waals surface area contributed by atoms with Gasteiger partial charge < -0.3 is 10.0 Å². The molecule has 1 aromatic heterocycles. The van der Waals surface area contributed by atoms with Gasteiger partial charge in [-0.25, -0.2) is 9.67 Å². The zero-order chi connectivity index (χ0) is 17.8. The number of benzene rings is 1. The zero-order valence-electron chi connectivity index (χ0n) is 14.3. The molecule has 0 saturated carbocycles. The van der Waals surface area contributed by atoms with Crippen molar-refractivity contribution >= 4 is 11.9 Å². The number of carbonyl (C=O) groups is 2. The molecular formula is C18H22N4O3. The predicted octanol–water partition coefficient (Wildman–Crippen LogP) is 2.29. The number of likely N-dealkylation sites (tertiary alicyclic amines) is 1. The van der Waals surface area contributed by atoms with E-state index in [4.69, 9.17) is 5.11 Å². The van der Waals surface area contributed by atoms with Crippen molar-refractivity contribution < 1.29 is 14.7 Å². The third-order valence-corrected chi connectivity index (χ3v) is 4.71. The van der Waals surface area contributed by atoms with Gasteiger partial charge in [-0.05, 0) is 55.9 Å². The molecule has 1 aliphatic rings. The van der Waals surface area contributed by atoms with Crippen molar-refractivity contribution in [2.24, 2.45) is 5.92 Å². The van der Waals surface area contributed by atoms with Crippen molar-refractivity contribution in [2.45, 2.75) is 32.6 Å². The maximum atomic E-state index is 12.8. The smallest absolute Gasteiger partial charge is 0.303 e. The Morgan fingerprint density at radius 3 is 2.80 bits per heavy atom. The first-order valence-corrected chi connectivity index (χ1v) is 8.51. The monoisotopic (exact) mass is 342 g/mol. The topological polar surface area (TPSA) is 88.3 Å². The minimum atomic E-state index is -0.760. The van der Waals surface area contributed by atoms with Crippen LogP contribution >= 0.6 is 0 Å². The average molecular weight is 342 g/mol. The van der Waals surface area contributed by atoms with Gasteiger partial charge in [0.05, 0.1) is 5.69 Å². The Hall–Kier alpha value is -2.70. The van der Waals surface area contributed by atoms with E-state index < -0.39 is 5.97 Å². The number of rotatable bonds is 4. The number of aryl methyl sites for hydroxylation is 1. The molecule has 3 rings (SSSR count). The Morgan fingerprint density at radius 2 is 2.12 bits per heavy atom. The number of amides is 1. The van der Waals surface area contributed by atoms with Crippen LogP contribution in [0.15, 0.2) is 30.9 Å². The van der Waals surface area contributed by atoms with Gasteiger partial charge in [-0.1, -0.05) is 0 Å². The second kappa shape index (κ2) is 7.46. The van der Waals surface area contributed by atoms with E-state index in [1.807, 2.05) is 30.0 Å². The number of carbonyl (C=O) groups excluding carboxylic acids is 1. The summed E-state index contributed by atoms with van der Waals surface area (Å²) in [6, 6.07) is 5.56.